The molecule has 0 saturated heterocycles. The smallest absolute Gasteiger partial charge is 0.135 e. The summed E-state index contributed by atoms with van der Waals surface area (Å²) in [5.41, 5.74) is 2.34. The van der Waals surface area contributed by atoms with E-state index < -0.39 is 11.6 Å². The number of nitrogens with one attached hydrogen (secondary N) is 1. The summed E-state index contributed by atoms with van der Waals surface area (Å²) in [5.74, 6) is 0.0946. The normalized spacial score (nSPS) is 10.6. The Morgan fingerprint density at radius 2 is 1.68 bits per heavy atom. The molecule has 0 fully saturated rings. The van der Waals surface area contributed by atoms with Gasteiger partial charge in [0.05, 0.1) is 0 Å². The molecule has 5 heteroatoms. The van der Waals surface area contributed by atoms with Crippen molar-refractivity contribution < 1.29 is 8.78 Å². The molecule has 1 aromatic carbocycles. The van der Waals surface area contributed by atoms with Gasteiger partial charge in [-0.25, -0.2) is 18.7 Å². The maximum Gasteiger partial charge on any atom is 0.135 e. The lowest BCUT2D eigenvalue weighted by atomic mass is 10.1. The lowest BCUT2D eigenvalue weighted by molar-refractivity contribution is 0.580. The predicted octanol–water partition coefficient (Wildman–Crippen LogP) is 3.00. The first kappa shape index (κ1) is 13.4. The number of aryl methyl sites for hydroxylation is 1. The van der Waals surface area contributed by atoms with Crippen molar-refractivity contribution in [2.45, 2.75) is 20.3 Å². The molecular formula is C14H15F2N3. The molecular weight excluding hydrogens is 248 g/mol. The lowest BCUT2D eigenvalue weighted by Crippen LogP contribution is -2.06. The van der Waals surface area contributed by atoms with Gasteiger partial charge in [0.25, 0.3) is 0 Å². The molecule has 0 saturated carbocycles. The van der Waals surface area contributed by atoms with E-state index in [9.17, 15) is 8.78 Å². The average Bonchev–Trinajstić information content (AvgIpc) is 2.32. The summed E-state index contributed by atoms with van der Waals surface area (Å²) in [4.78, 5) is 8.68. The molecule has 0 aliphatic heterocycles. The Balaban J connectivity index is 2.35. The second kappa shape index (κ2) is 5.30. The van der Waals surface area contributed by atoms with Gasteiger partial charge < -0.3 is 5.32 Å². The Bertz CT molecular complexity index is 592. The molecule has 0 atom stereocenters. The van der Waals surface area contributed by atoms with Crippen molar-refractivity contribution in [2.24, 2.45) is 0 Å². The minimum absolute atomic E-state index is 0.296. The zero-order valence-electron chi connectivity index (χ0n) is 11.1. The third kappa shape index (κ3) is 3.05. The minimum atomic E-state index is -0.590. The van der Waals surface area contributed by atoms with Gasteiger partial charge in [0.15, 0.2) is 0 Å². The van der Waals surface area contributed by atoms with Crippen molar-refractivity contribution in [1.82, 2.24) is 9.97 Å². The fraction of sp³-hybridized carbons (Fsp3) is 0.286. The van der Waals surface area contributed by atoms with Crippen molar-refractivity contribution >= 4 is 5.82 Å². The topological polar surface area (TPSA) is 37.8 Å². The zero-order chi connectivity index (χ0) is 14.0. The van der Waals surface area contributed by atoms with Crippen LogP contribution in [-0.4, -0.2) is 17.0 Å². The Morgan fingerprint density at radius 1 is 1.05 bits per heavy atom. The van der Waals surface area contributed by atoms with Gasteiger partial charge >= 0.3 is 0 Å². The summed E-state index contributed by atoms with van der Waals surface area (Å²) >= 11 is 0. The van der Waals surface area contributed by atoms with Crippen molar-refractivity contribution in [3.8, 4) is 0 Å². The molecule has 0 radical (unpaired) electrons. The SMILES string of the molecule is CNc1nc(Cc2cc(F)cc(F)c2)nc(C)c1C. The highest BCUT2D eigenvalue weighted by Gasteiger charge is 2.09. The number of nitrogens with zero attached hydrogens (tertiary/aromatic N) is 2. The van der Waals surface area contributed by atoms with Gasteiger partial charge in [0, 0.05) is 30.8 Å². The van der Waals surface area contributed by atoms with Crippen LogP contribution in [0.15, 0.2) is 18.2 Å². The molecule has 1 aromatic heterocycles. The molecule has 0 amide bonds. The fourth-order valence-corrected chi connectivity index (χ4v) is 1.90. The van der Waals surface area contributed by atoms with Gasteiger partial charge in [-0.3, -0.25) is 0 Å². The maximum atomic E-state index is 13.1. The van der Waals surface area contributed by atoms with Crippen molar-refractivity contribution in [2.75, 3.05) is 12.4 Å². The monoisotopic (exact) mass is 263 g/mol. The van der Waals surface area contributed by atoms with E-state index in [1.165, 1.54) is 12.1 Å². The second-order valence-electron chi connectivity index (χ2n) is 4.40. The zero-order valence-corrected chi connectivity index (χ0v) is 11.1. The van der Waals surface area contributed by atoms with Crippen LogP contribution < -0.4 is 5.32 Å². The first-order valence-corrected chi connectivity index (χ1v) is 5.96. The lowest BCUT2D eigenvalue weighted by Gasteiger charge is -2.09. The van der Waals surface area contributed by atoms with Crippen LogP contribution in [0.1, 0.15) is 22.6 Å². The van der Waals surface area contributed by atoms with Gasteiger partial charge in [-0.1, -0.05) is 0 Å². The second-order valence-corrected chi connectivity index (χ2v) is 4.40. The van der Waals surface area contributed by atoms with Crippen molar-refractivity contribution in [3.63, 3.8) is 0 Å². The quantitative estimate of drug-likeness (QED) is 0.925. The van der Waals surface area contributed by atoms with Gasteiger partial charge in [0.1, 0.15) is 23.3 Å². The molecule has 0 spiro atoms. The Kier molecular flexibility index (Phi) is 3.74. The van der Waals surface area contributed by atoms with Crippen LogP contribution in [0.3, 0.4) is 0 Å². The first-order valence-electron chi connectivity index (χ1n) is 5.96. The Hall–Kier alpha value is -2.04. The van der Waals surface area contributed by atoms with E-state index in [4.69, 9.17) is 0 Å². The molecule has 0 bridgehead atoms. The van der Waals surface area contributed by atoms with E-state index in [1.54, 1.807) is 7.05 Å². The van der Waals surface area contributed by atoms with Gasteiger partial charge in [0.2, 0.25) is 0 Å². The van der Waals surface area contributed by atoms with E-state index in [1.807, 2.05) is 13.8 Å². The Morgan fingerprint density at radius 3 is 2.26 bits per heavy atom. The summed E-state index contributed by atoms with van der Waals surface area (Å²) in [6.45, 7) is 3.81. The van der Waals surface area contributed by atoms with Gasteiger partial charge in [-0.05, 0) is 31.5 Å². The molecule has 2 aromatic rings. The largest absolute Gasteiger partial charge is 0.373 e. The van der Waals surface area contributed by atoms with Crippen LogP contribution in [0.4, 0.5) is 14.6 Å². The Labute approximate surface area is 110 Å². The number of aromatic nitrogens is 2. The van der Waals surface area contributed by atoms with Gasteiger partial charge in [-0.2, -0.15) is 0 Å². The maximum absolute atomic E-state index is 13.1. The molecule has 0 aliphatic rings. The molecule has 100 valence electrons. The summed E-state index contributed by atoms with van der Waals surface area (Å²) in [7, 11) is 1.78. The highest BCUT2D eigenvalue weighted by molar-refractivity contribution is 5.45. The van der Waals surface area contributed by atoms with Crippen LogP contribution in [0.25, 0.3) is 0 Å². The van der Waals surface area contributed by atoms with E-state index in [0.29, 0.717) is 17.8 Å². The van der Waals surface area contributed by atoms with E-state index in [0.717, 1.165) is 23.1 Å². The van der Waals surface area contributed by atoms with Crippen LogP contribution in [0.2, 0.25) is 0 Å². The van der Waals surface area contributed by atoms with E-state index in [-0.39, 0.29) is 0 Å². The highest BCUT2D eigenvalue weighted by atomic mass is 19.1. The van der Waals surface area contributed by atoms with Gasteiger partial charge in [-0.15, -0.1) is 0 Å². The number of rotatable bonds is 3. The molecule has 3 nitrogen and oxygen atoms in total. The molecule has 1 heterocycles. The predicted molar refractivity (Wildman–Crippen MR) is 70.2 cm³/mol. The summed E-state index contributed by atoms with van der Waals surface area (Å²) in [6, 6.07) is 3.44. The summed E-state index contributed by atoms with van der Waals surface area (Å²) < 4.78 is 26.3. The molecule has 2 rings (SSSR count). The number of anilines is 1. The number of hydrogen-bond donors (Lipinski definition) is 1. The van der Waals surface area contributed by atoms with Crippen LogP contribution in [0.5, 0.6) is 0 Å². The minimum Gasteiger partial charge on any atom is -0.373 e. The number of halogens is 2. The standard InChI is InChI=1S/C14H15F2N3/c1-8-9(2)18-13(19-14(8)17-3)6-10-4-11(15)7-12(16)5-10/h4-5,7H,6H2,1-3H3,(H,17,18,19). The average molecular weight is 263 g/mol. The highest BCUT2D eigenvalue weighted by Crippen LogP contribution is 2.17. The third-order valence-corrected chi connectivity index (χ3v) is 2.96. The van der Waals surface area contributed by atoms with Crippen LogP contribution in [-0.2, 0) is 6.42 Å². The van der Waals surface area contributed by atoms with E-state index in [2.05, 4.69) is 15.3 Å². The van der Waals surface area contributed by atoms with Crippen molar-refractivity contribution in [3.05, 3.63) is 52.5 Å². The fourth-order valence-electron chi connectivity index (χ4n) is 1.90. The molecule has 0 unspecified atom stereocenters. The number of hydrogen-bond acceptors (Lipinski definition) is 3. The van der Waals surface area contributed by atoms with Crippen LogP contribution >= 0.6 is 0 Å². The summed E-state index contributed by atoms with van der Waals surface area (Å²) in [6.07, 6.45) is 0.296. The third-order valence-electron chi connectivity index (χ3n) is 2.96. The molecule has 1 N–H and O–H groups in total. The summed E-state index contributed by atoms with van der Waals surface area (Å²) in [5, 5.41) is 2.99. The van der Waals surface area contributed by atoms with Crippen LogP contribution in [0, 0.1) is 25.5 Å². The van der Waals surface area contributed by atoms with E-state index >= 15 is 0 Å². The molecule has 19 heavy (non-hydrogen) atoms. The molecule has 0 aliphatic carbocycles. The first-order chi connectivity index (χ1) is 8.99. The number of benzene rings is 1. The van der Waals surface area contributed by atoms with Crippen molar-refractivity contribution in [1.29, 1.82) is 0 Å².